The summed E-state index contributed by atoms with van der Waals surface area (Å²) in [5.74, 6) is 0.207. The van der Waals surface area contributed by atoms with E-state index in [1.54, 1.807) is 12.4 Å². The minimum absolute atomic E-state index is 0.207. The molecule has 0 spiro atoms. The van der Waals surface area contributed by atoms with Crippen molar-refractivity contribution in [3.63, 3.8) is 0 Å². The third kappa shape index (κ3) is 2.66. The predicted octanol–water partition coefficient (Wildman–Crippen LogP) is 2.50. The third-order valence-electron chi connectivity index (χ3n) is 3.94. The largest absolute Gasteiger partial charge is 0.392 e. The van der Waals surface area contributed by atoms with Crippen molar-refractivity contribution in [3.05, 3.63) is 59.7 Å². The highest BCUT2D eigenvalue weighted by molar-refractivity contribution is 5.29. The van der Waals surface area contributed by atoms with Crippen LogP contribution in [-0.2, 0) is 12.8 Å². The molecule has 98 valence electrons. The Morgan fingerprint density at radius 3 is 2.89 bits per heavy atom. The average molecular weight is 254 g/mol. The van der Waals surface area contributed by atoms with Crippen molar-refractivity contribution < 1.29 is 5.11 Å². The number of aliphatic hydroxyl groups excluding tert-OH is 1. The number of nitrogens with zero attached hydrogens (tertiary/aromatic N) is 2. The van der Waals surface area contributed by atoms with Gasteiger partial charge >= 0.3 is 0 Å². The van der Waals surface area contributed by atoms with Crippen molar-refractivity contribution >= 4 is 0 Å². The van der Waals surface area contributed by atoms with Gasteiger partial charge in [0.2, 0.25) is 0 Å². The van der Waals surface area contributed by atoms with E-state index in [2.05, 4.69) is 16.0 Å². The maximum Gasteiger partial charge on any atom is 0.0627 e. The van der Waals surface area contributed by atoms with Crippen LogP contribution in [0, 0.1) is 0 Å². The first-order chi connectivity index (χ1) is 9.34. The number of rotatable bonds is 4. The van der Waals surface area contributed by atoms with E-state index in [1.807, 2.05) is 24.4 Å². The summed E-state index contributed by atoms with van der Waals surface area (Å²) in [5, 5.41) is 10.4. The molecule has 2 unspecified atom stereocenters. The smallest absolute Gasteiger partial charge is 0.0627 e. The molecule has 1 N–H and O–H groups in total. The van der Waals surface area contributed by atoms with Crippen LogP contribution < -0.4 is 0 Å². The average Bonchev–Trinajstić information content (AvgIpc) is 2.90. The summed E-state index contributed by atoms with van der Waals surface area (Å²) in [4.78, 5) is 8.45. The topological polar surface area (TPSA) is 46.0 Å². The van der Waals surface area contributed by atoms with Gasteiger partial charge in [-0.15, -0.1) is 0 Å². The van der Waals surface area contributed by atoms with Gasteiger partial charge < -0.3 is 5.11 Å². The fourth-order valence-corrected chi connectivity index (χ4v) is 2.88. The molecule has 0 aromatic carbocycles. The third-order valence-corrected chi connectivity index (χ3v) is 3.94. The number of fused-ring (bicyclic) bond motifs is 1. The lowest BCUT2D eigenvalue weighted by molar-refractivity contribution is 0.132. The zero-order chi connectivity index (χ0) is 13.1. The van der Waals surface area contributed by atoms with Gasteiger partial charge in [-0.3, -0.25) is 9.97 Å². The molecule has 2 heterocycles. The van der Waals surface area contributed by atoms with Crippen molar-refractivity contribution in [1.29, 1.82) is 0 Å². The van der Waals surface area contributed by atoms with Crippen LogP contribution in [0.15, 0.2) is 42.9 Å². The van der Waals surface area contributed by atoms with Crippen LogP contribution in [0.2, 0.25) is 0 Å². The molecule has 19 heavy (non-hydrogen) atoms. The van der Waals surface area contributed by atoms with Crippen LogP contribution in [0.5, 0.6) is 0 Å². The number of aryl methyl sites for hydroxylation is 2. The minimum atomic E-state index is -0.302. The quantitative estimate of drug-likeness (QED) is 0.911. The van der Waals surface area contributed by atoms with Gasteiger partial charge in [0, 0.05) is 30.2 Å². The van der Waals surface area contributed by atoms with Gasteiger partial charge in [0.15, 0.2) is 0 Å². The van der Waals surface area contributed by atoms with E-state index in [0.29, 0.717) is 0 Å². The normalized spacial score (nSPS) is 19.1. The van der Waals surface area contributed by atoms with Gasteiger partial charge in [-0.1, -0.05) is 6.07 Å². The van der Waals surface area contributed by atoms with Crippen molar-refractivity contribution in [2.24, 2.45) is 0 Å². The number of aromatic nitrogens is 2. The molecule has 2 aromatic heterocycles. The van der Waals surface area contributed by atoms with Crippen molar-refractivity contribution in [1.82, 2.24) is 9.97 Å². The van der Waals surface area contributed by atoms with E-state index in [4.69, 9.17) is 0 Å². The van der Waals surface area contributed by atoms with E-state index in [1.165, 1.54) is 11.1 Å². The van der Waals surface area contributed by atoms with Crippen molar-refractivity contribution in [2.45, 2.75) is 37.7 Å². The van der Waals surface area contributed by atoms with Gasteiger partial charge in [-0.25, -0.2) is 0 Å². The maximum absolute atomic E-state index is 10.4. The minimum Gasteiger partial charge on any atom is -0.392 e. The summed E-state index contributed by atoms with van der Waals surface area (Å²) in [6.45, 7) is 0. The summed E-state index contributed by atoms with van der Waals surface area (Å²) in [6, 6.07) is 8.11. The molecule has 0 saturated heterocycles. The summed E-state index contributed by atoms with van der Waals surface area (Å²) in [5.41, 5.74) is 3.63. The summed E-state index contributed by atoms with van der Waals surface area (Å²) in [7, 11) is 0. The van der Waals surface area contributed by atoms with Crippen LogP contribution in [0.3, 0.4) is 0 Å². The zero-order valence-electron chi connectivity index (χ0n) is 10.9. The van der Waals surface area contributed by atoms with Gasteiger partial charge in [-0.05, 0) is 55.0 Å². The maximum atomic E-state index is 10.4. The number of hydrogen-bond donors (Lipinski definition) is 1. The molecule has 3 rings (SSSR count). The molecular formula is C16H18N2O. The lowest BCUT2D eigenvalue weighted by Gasteiger charge is -2.18. The Morgan fingerprint density at radius 1 is 1.21 bits per heavy atom. The summed E-state index contributed by atoms with van der Waals surface area (Å²) >= 11 is 0. The molecule has 0 fully saturated rings. The second-order valence-corrected chi connectivity index (χ2v) is 5.15. The molecule has 3 nitrogen and oxygen atoms in total. The Hall–Kier alpha value is -1.74. The zero-order valence-corrected chi connectivity index (χ0v) is 10.9. The van der Waals surface area contributed by atoms with Crippen LogP contribution in [0.25, 0.3) is 0 Å². The molecule has 1 aliphatic rings. The second-order valence-electron chi connectivity index (χ2n) is 5.15. The van der Waals surface area contributed by atoms with Crippen LogP contribution in [-0.4, -0.2) is 21.2 Å². The van der Waals surface area contributed by atoms with E-state index in [0.717, 1.165) is 31.4 Å². The highest BCUT2D eigenvalue weighted by atomic mass is 16.3. The molecule has 2 atom stereocenters. The van der Waals surface area contributed by atoms with Crippen molar-refractivity contribution in [2.75, 3.05) is 0 Å². The molecule has 0 saturated carbocycles. The Labute approximate surface area is 113 Å². The number of hydrogen-bond acceptors (Lipinski definition) is 3. The molecular weight excluding hydrogens is 236 g/mol. The van der Waals surface area contributed by atoms with E-state index in [-0.39, 0.29) is 12.0 Å². The van der Waals surface area contributed by atoms with Crippen molar-refractivity contribution in [3.8, 4) is 0 Å². The first-order valence-corrected chi connectivity index (χ1v) is 6.85. The fourth-order valence-electron chi connectivity index (χ4n) is 2.88. The van der Waals surface area contributed by atoms with Gasteiger partial charge in [0.1, 0.15) is 0 Å². The lowest BCUT2D eigenvalue weighted by atomic mass is 9.94. The highest BCUT2D eigenvalue weighted by Crippen LogP contribution is 2.34. The highest BCUT2D eigenvalue weighted by Gasteiger charge is 2.29. The Bertz CT molecular complexity index is 541. The van der Waals surface area contributed by atoms with Gasteiger partial charge in [0.05, 0.1) is 6.10 Å². The molecule has 2 aromatic rings. The van der Waals surface area contributed by atoms with Gasteiger partial charge in [-0.2, -0.15) is 0 Å². The Morgan fingerprint density at radius 2 is 2.05 bits per heavy atom. The standard InChI is InChI=1S/C16H18N2O/c19-15(6-3-12-7-10-17-11-8-12)14-5-4-13-2-1-9-18-16(13)14/h1-2,7-11,14-15,19H,3-6H2. The monoisotopic (exact) mass is 254 g/mol. The fraction of sp³-hybridized carbons (Fsp3) is 0.375. The first-order valence-electron chi connectivity index (χ1n) is 6.85. The molecule has 0 aliphatic heterocycles. The van der Waals surface area contributed by atoms with Crippen LogP contribution >= 0.6 is 0 Å². The van der Waals surface area contributed by atoms with E-state index in [9.17, 15) is 5.11 Å². The molecule has 1 aliphatic carbocycles. The Kier molecular flexibility index (Phi) is 3.56. The van der Waals surface area contributed by atoms with Crippen LogP contribution in [0.4, 0.5) is 0 Å². The molecule has 3 heteroatoms. The number of aliphatic hydroxyl groups is 1. The SMILES string of the molecule is OC(CCc1ccncc1)C1CCc2cccnc21. The first kappa shape index (κ1) is 12.3. The number of pyridine rings is 2. The molecule has 0 amide bonds. The molecule has 0 radical (unpaired) electrons. The lowest BCUT2D eigenvalue weighted by Crippen LogP contribution is -2.18. The van der Waals surface area contributed by atoms with Gasteiger partial charge in [0.25, 0.3) is 0 Å². The second kappa shape index (κ2) is 5.49. The predicted molar refractivity (Wildman–Crippen MR) is 73.9 cm³/mol. The van der Waals surface area contributed by atoms with E-state index < -0.39 is 0 Å². The van der Waals surface area contributed by atoms with E-state index >= 15 is 0 Å². The summed E-state index contributed by atoms with van der Waals surface area (Å²) in [6.07, 6.45) is 8.86. The Balaban J connectivity index is 1.64. The summed E-state index contributed by atoms with van der Waals surface area (Å²) < 4.78 is 0. The van der Waals surface area contributed by atoms with Crippen LogP contribution in [0.1, 0.15) is 35.6 Å². The molecule has 0 bridgehead atoms.